The number of hydrogen-bond donors (Lipinski definition) is 2. The molecule has 0 aliphatic heterocycles. The molecule has 2 aromatic carbocycles. The van der Waals surface area contributed by atoms with E-state index in [1.165, 1.54) is 19.3 Å². The van der Waals surface area contributed by atoms with Crippen LogP contribution in [0.1, 0.15) is 153 Å². The number of benzene rings is 2. The van der Waals surface area contributed by atoms with E-state index in [0.717, 1.165) is 88.1 Å². The number of carbonyl (C=O) groups excluding carboxylic acids is 15. The van der Waals surface area contributed by atoms with Crippen molar-refractivity contribution in [2.75, 3.05) is 211 Å². The van der Waals surface area contributed by atoms with Gasteiger partial charge in [-0.3, -0.25) is 71.9 Å². The molecule has 44 heteroatoms. The molecule has 0 unspecified atom stereocenters. The highest BCUT2D eigenvalue weighted by molar-refractivity contribution is 6.39. The van der Waals surface area contributed by atoms with Crippen LogP contribution in [0.4, 0.5) is 43.9 Å². The average Bonchev–Trinajstić information content (AvgIpc) is 0.788. The second kappa shape index (κ2) is 72.2. The van der Waals surface area contributed by atoms with Gasteiger partial charge in [0, 0.05) is 32.2 Å². The van der Waals surface area contributed by atoms with Crippen LogP contribution in [0.25, 0.3) is 0 Å². The number of ketones is 12. The lowest BCUT2D eigenvalue weighted by atomic mass is 9.72. The van der Waals surface area contributed by atoms with Gasteiger partial charge in [-0.05, 0) is 81.7 Å². The molecule has 0 aromatic heterocycles. The number of carbonyl (C=O) groups is 15. The molecule has 0 bridgehead atoms. The lowest BCUT2D eigenvalue weighted by Crippen LogP contribution is -2.50. The van der Waals surface area contributed by atoms with Gasteiger partial charge in [-0.15, -0.1) is 0 Å². The zero-order chi connectivity index (χ0) is 97.9. The van der Waals surface area contributed by atoms with Crippen LogP contribution in [0.3, 0.4) is 0 Å². The fourth-order valence-electron chi connectivity index (χ4n) is 11.2. The fraction of sp³-hybridized carbons (Fsp3) is 0.682. The molecule has 0 fully saturated rings. The summed E-state index contributed by atoms with van der Waals surface area (Å²) in [6.07, 6.45) is 5.50. The molecule has 0 saturated carbocycles. The summed E-state index contributed by atoms with van der Waals surface area (Å²) >= 11 is 0. The van der Waals surface area contributed by atoms with Gasteiger partial charge in [0.2, 0.25) is 91.8 Å². The van der Waals surface area contributed by atoms with Gasteiger partial charge >= 0.3 is 11.9 Å². The van der Waals surface area contributed by atoms with Crippen LogP contribution < -0.4 is 20.5 Å². The van der Waals surface area contributed by atoms with Crippen molar-refractivity contribution in [2.45, 2.75) is 153 Å². The smallest absolute Gasteiger partial charge is 0.313 e. The first kappa shape index (κ1) is 123. The summed E-state index contributed by atoms with van der Waals surface area (Å²) in [7, 11) is 0. The number of halogens is 10. The molecule has 0 aliphatic carbocycles. The molecule has 0 aliphatic rings. The van der Waals surface area contributed by atoms with Gasteiger partial charge in [0.05, 0.1) is 211 Å². The first-order valence-electron chi connectivity index (χ1n) is 41.5. The number of unbranched alkanes of at least 4 members (excludes halogenated alkanes) is 4. The summed E-state index contributed by atoms with van der Waals surface area (Å²) in [5.41, 5.74) is -1.57. The topological polar surface area (TPSA) is 451 Å². The molecule has 1 amide bonds. The van der Waals surface area contributed by atoms with Gasteiger partial charge in [0.1, 0.15) is 0 Å². The molecule has 0 saturated heterocycles. The molecule has 2 aromatic rings. The number of hydrogen-bond acceptors (Lipinski definition) is 33. The van der Waals surface area contributed by atoms with Crippen molar-refractivity contribution in [1.82, 2.24) is 5.32 Å². The minimum absolute atomic E-state index is 0.00403. The maximum Gasteiger partial charge on any atom is 0.313 e. The third-order valence-electron chi connectivity index (χ3n) is 17.9. The Bertz CT molecular complexity index is 3450. The van der Waals surface area contributed by atoms with E-state index in [1.54, 1.807) is 0 Å². The quantitative estimate of drug-likeness (QED) is 0.0123. The average molecular weight is 1880 g/mol. The Morgan fingerprint density at radius 3 is 0.589 bits per heavy atom. The van der Waals surface area contributed by atoms with Gasteiger partial charge in [0.25, 0.3) is 0 Å². The van der Waals surface area contributed by atoms with Crippen LogP contribution in [0.2, 0.25) is 0 Å². The molecular weight excluding hydrogens is 1750 g/mol. The van der Waals surface area contributed by atoms with Crippen molar-refractivity contribution in [3.8, 4) is 11.5 Å². The number of esters is 2. The lowest BCUT2D eigenvalue weighted by Gasteiger charge is -2.23. The first-order chi connectivity index (χ1) is 61.2. The normalized spacial score (nSPS) is 11.3. The van der Waals surface area contributed by atoms with Crippen molar-refractivity contribution in [3.05, 3.63) is 58.2 Å². The maximum atomic E-state index is 13.5. The Balaban J connectivity index is 0. The van der Waals surface area contributed by atoms with Crippen molar-refractivity contribution < 1.29 is 196 Å². The summed E-state index contributed by atoms with van der Waals surface area (Å²) in [6, 6.07) is 0. The predicted octanol–water partition coefficient (Wildman–Crippen LogP) is 7.56. The standard InChI is InChI=1S/2C27H33F5O11.C26H45NO10.C5H13N/c2*1-16(33)27(17(2)34,18(3)35)19(36)4-6-38-8-10-40-12-14-42-15-13-41-11-9-39-7-5-20(37)43-26-24(31)22(29)21(28)23(30)25(26)32;1-5-6-7-10-27-25(32)9-12-34-14-16-36-18-20-37-19-17-35-15-13-33-11-8-24(31)26(21(2)28,22(3)29)23(4)30;1-2-3-4-5-6/h2*4-15H2,1-3H3;5-20H2,1-4H3,(H,27,32);2-6H2,1H3. The second-order valence-corrected chi connectivity index (χ2v) is 27.5. The first-order valence-corrected chi connectivity index (χ1v) is 41.5. The van der Waals surface area contributed by atoms with Gasteiger partial charge in [-0.2, -0.15) is 17.6 Å². The molecule has 0 spiro atoms. The zero-order valence-corrected chi connectivity index (χ0v) is 75.0. The van der Waals surface area contributed by atoms with Crippen LogP contribution in [0.5, 0.6) is 11.5 Å². The van der Waals surface area contributed by atoms with E-state index >= 15 is 0 Å². The summed E-state index contributed by atoms with van der Waals surface area (Å²) in [4.78, 5) is 179. The molecule has 2 rings (SSSR count). The number of rotatable bonds is 75. The van der Waals surface area contributed by atoms with E-state index in [-0.39, 0.29) is 177 Å². The molecular formula is C85H124F10N2O32. The summed E-state index contributed by atoms with van der Waals surface area (Å²) in [5.74, 6) is -38.2. The molecule has 0 heterocycles. The molecule has 736 valence electrons. The van der Waals surface area contributed by atoms with Gasteiger partial charge < -0.3 is 91.6 Å². The number of nitrogens with one attached hydrogen (secondary N) is 1. The minimum atomic E-state index is -2.37. The fourth-order valence-corrected chi connectivity index (χ4v) is 11.2. The summed E-state index contributed by atoms with van der Waals surface area (Å²) in [6.45, 7) is 20.4. The Kier molecular flexibility index (Phi) is 68.6. The Morgan fingerprint density at radius 2 is 0.411 bits per heavy atom. The van der Waals surface area contributed by atoms with Crippen LogP contribution in [0.15, 0.2) is 0 Å². The van der Waals surface area contributed by atoms with Crippen molar-refractivity contribution in [2.24, 2.45) is 22.0 Å². The predicted molar refractivity (Wildman–Crippen MR) is 433 cm³/mol. The van der Waals surface area contributed by atoms with Crippen LogP contribution >= 0.6 is 0 Å². The molecule has 129 heavy (non-hydrogen) atoms. The van der Waals surface area contributed by atoms with E-state index in [0.29, 0.717) is 59.2 Å². The highest BCUT2D eigenvalue weighted by Gasteiger charge is 2.54. The Labute approximate surface area is 742 Å². The van der Waals surface area contributed by atoms with Gasteiger partial charge in [-0.1, -0.05) is 39.5 Å². The van der Waals surface area contributed by atoms with Crippen molar-refractivity contribution in [1.29, 1.82) is 0 Å². The highest BCUT2D eigenvalue weighted by atomic mass is 19.2. The van der Waals surface area contributed by atoms with Crippen molar-refractivity contribution >= 4 is 87.2 Å². The van der Waals surface area contributed by atoms with E-state index < -0.39 is 180 Å². The Hall–Kier alpha value is -8.45. The van der Waals surface area contributed by atoms with E-state index in [1.807, 2.05) is 0 Å². The van der Waals surface area contributed by atoms with E-state index in [9.17, 15) is 116 Å². The van der Waals surface area contributed by atoms with Gasteiger partial charge in [-0.25, -0.2) is 26.3 Å². The Morgan fingerprint density at radius 1 is 0.240 bits per heavy atom. The number of Topliss-reactive ketones (excluding diaryl/α,β-unsaturated/α-hetero) is 12. The lowest BCUT2D eigenvalue weighted by molar-refractivity contribution is -0.156. The molecule has 0 radical (unpaired) electrons. The molecule has 3 N–H and O–H groups in total. The van der Waals surface area contributed by atoms with Crippen LogP contribution in [-0.4, -0.2) is 299 Å². The van der Waals surface area contributed by atoms with E-state index in [2.05, 4.69) is 28.6 Å². The monoisotopic (exact) mass is 1870 g/mol. The van der Waals surface area contributed by atoms with Crippen LogP contribution in [-0.2, 0) is 143 Å². The SMILES string of the molecule is CC(=O)C(C(C)=O)(C(C)=O)C(=O)CCOCCOCCOCCOCCOCCC(=O)Oc1c(F)c(F)c(F)c(F)c1F.CC(=O)C(C(C)=O)(C(C)=O)C(=O)CCOCCOCCOCCOCCOCCC(=O)Oc1c(F)c(F)c(F)c(F)c1F.CCCCCN.CCCCCNC(=O)CCOCCOCCOCCOCCOCCC(=O)C(C(C)=O)(C(C)=O)C(C)=O. The number of nitrogens with two attached hydrogens (primary N) is 1. The largest absolute Gasteiger partial charge is 0.420 e. The van der Waals surface area contributed by atoms with E-state index in [4.69, 9.17) is 76.8 Å². The van der Waals surface area contributed by atoms with Crippen LogP contribution in [0, 0.1) is 74.4 Å². The zero-order valence-electron chi connectivity index (χ0n) is 75.0. The number of amides is 1. The second-order valence-electron chi connectivity index (χ2n) is 27.5. The van der Waals surface area contributed by atoms with Gasteiger partial charge in [0.15, 0.2) is 69.4 Å². The molecule has 0 atom stereocenters. The highest BCUT2D eigenvalue weighted by Crippen LogP contribution is 2.32. The summed E-state index contributed by atoms with van der Waals surface area (Å²) < 4.78 is 220. The third-order valence-corrected chi connectivity index (χ3v) is 17.9. The third kappa shape index (κ3) is 46.5. The van der Waals surface area contributed by atoms with Crippen molar-refractivity contribution in [3.63, 3.8) is 0 Å². The molecule has 34 nitrogen and oxygen atoms in total. The number of ether oxygens (including phenoxy) is 17. The minimum Gasteiger partial charge on any atom is -0.420 e. The summed E-state index contributed by atoms with van der Waals surface area (Å²) in [5, 5.41) is 2.86. The maximum absolute atomic E-state index is 13.5.